The lowest BCUT2D eigenvalue weighted by Crippen LogP contribution is -2.21. The standard InChI is InChI=1S/C12H13F2NO2/c1-12(16,8-15)7-6-9-2-4-10(5-3-9)17-11(13)14/h2-5,11,16H,6-7H2,1H3. The third-order valence-electron chi connectivity index (χ3n) is 2.29. The van der Waals surface area contributed by atoms with Crippen molar-refractivity contribution >= 4 is 0 Å². The van der Waals surface area contributed by atoms with E-state index in [0.717, 1.165) is 5.56 Å². The third kappa shape index (κ3) is 4.79. The zero-order valence-corrected chi connectivity index (χ0v) is 9.36. The molecule has 0 spiro atoms. The second-order valence-corrected chi connectivity index (χ2v) is 3.91. The number of halogens is 2. The van der Waals surface area contributed by atoms with E-state index in [1.165, 1.54) is 19.1 Å². The number of aliphatic hydroxyl groups is 1. The summed E-state index contributed by atoms with van der Waals surface area (Å²) in [6.07, 6.45) is 0.786. The van der Waals surface area contributed by atoms with Gasteiger partial charge in [0.15, 0.2) is 0 Å². The smallest absolute Gasteiger partial charge is 0.387 e. The van der Waals surface area contributed by atoms with E-state index in [-0.39, 0.29) is 5.75 Å². The van der Waals surface area contributed by atoms with Gasteiger partial charge in [-0.05, 0) is 37.5 Å². The van der Waals surface area contributed by atoms with Crippen molar-refractivity contribution in [2.75, 3.05) is 0 Å². The van der Waals surface area contributed by atoms with Crippen molar-refractivity contribution in [1.29, 1.82) is 5.26 Å². The molecular weight excluding hydrogens is 228 g/mol. The second kappa shape index (κ2) is 5.60. The summed E-state index contributed by atoms with van der Waals surface area (Å²) in [5.41, 5.74) is -0.514. The molecule has 0 aliphatic rings. The van der Waals surface area contributed by atoms with Gasteiger partial charge in [0.05, 0.1) is 6.07 Å². The van der Waals surface area contributed by atoms with Gasteiger partial charge in [-0.15, -0.1) is 0 Å². The molecule has 1 unspecified atom stereocenters. The Hall–Kier alpha value is -1.67. The van der Waals surface area contributed by atoms with Gasteiger partial charge >= 0.3 is 6.61 Å². The van der Waals surface area contributed by atoms with Crippen LogP contribution in [-0.4, -0.2) is 17.3 Å². The van der Waals surface area contributed by atoms with Crippen molar-refractivity contribution in [3.05, 3.63) is 29.8 Å². The summed E-state index contributed by atoms with van der Waals surface area (Å²) in [5.74, 6) is 0.0933. The fourth-order valence-corrected chi connectivity index (χ4v) is 1.28. The molecule has 92 valence electrons. The number of hydrogen-bond donors (Lipinski definition) is 1. The predicted molar refractivity (Wildman–Crippen MR) is 57.6 cm³/mol. The van der Waals surface area contributed by atoms with Gasteiger partial charge in [-0.25, -0.2) is 0 Å². The van der Waals surface area contributed by atoms with Gasteiger partial charge in [0.2, 0.25) is 0 Å². The first kappa shape index (κ1) is 13.4. The molecule has 0 saturated carbocycles. The average molecular weight is 241 g/mol. The van der Waals surface area contributed by atoms with E-state index in [2.05, 4.69) is 4.74 Å². The van der Waals surface area contributed by atoms with Crippen molar-refractivity contribution in [2.24, 2.45) is 0 Å². The van der Waals surface area contributed by atoms with E-state index in [4.69, 9.17) is 5.26 Å². The molecule has 17 heavy (non-hydrogen) atoms. The highest BCUT2D eigenvalue weighted by molar-refractivity contribution is 5.27. The van der Waals surface area contributed by atoms with Gasteiger partial charge < -0.3 is 9.84 Å². The molecule has 3 nitrogen and oxygen atoms in total. The Balaban J connectivity index is 2.55. The number of benzene rings is 1. The number of nitrogens with zero attached hydrogens (tertiary/aromatic N) is 1. The Morgan fingerprint density at radius 3 is 2.47 bits per heavy atom. The first-order chi connectivity index (χ1) is 7.93. The van der Waals surface area contributed by atoms with Crippen LogP contribution in [0.4, 0.5) is 8.78 Å². The van der Waals surface area contributed by atoms with Gasteiger partial charge in [0.25, 0.3) is 0 Å². The van der Waals surface area contributed by atoms with Gasteiger partial charge in [-0.1, -0.05) is 12.1 Å². The Morgan fingerprint density at radius 2 is 2.00 bits per heavy atom. The molecule has 0 aliphatic heterocycles. The van der Waals surface area contributed by atoms with Gasteiger partial charge in [-0.3, -0.25) is 0 Å². The minimum Gasteiger partial charge on any atom is -0.435 e. The Bertz CT molecular complexity index is 396. The Labute approximate surface area is 98.3 Å². The van der Waals surface area contributed by atoms with E-state index in [0.29, 0.717) is 12.8 Å². The van der Waals surface area contributed by atoms with Crippen LogP contribution in [-0.2, 0) is 6.42 Å². The molecule has 0 aromatic heterocycles. The maximum atomic E-state index is 11.9. The van der Waals surface area contributed by atoms with Crippen LogP contribution in [0.1, 0.15) is 18.9 Å². The minimum absolute atomic E-state index is 0.0933. The molecule has 5 heteroatoms. The van der Waals surface area contributed by atoms with Crippen LogP contribution in [0.2, 0.25) is 0 Å². The van der Waals surface area contributed by atoms with Crippen LogP contribution in [0.3, 0.4) is 0 Å². The van der Waals surface area contributed by atoms with Crippen LogP contribution < -0.4 is 4.74 Å². The average Bonchev–Trinajstić information content (AvgIpc) is 2.28. The molecule has 0 amide bonds. The first-order valence-corrected chi connectivity index (χ1v) is 5.10. The summed E-state index contributed by atoms with van der Waals surface area (Å²) in [4.78, 5) is 0. The molecule has 1 aromatic rings. The van der Waals surface area contributed by atoms with Crippen molar-refractivity contribution in [3.63, 3.8) is 0 Å². The number of nitriles is 1. The SMILES string of the molecule is CC(O)(C#N)CCc1ccc(OC(F)F)cc1. The van der Waals surface area contributed by atoms with Crippen molar-refractivity contribution in [3.8, 4) is 11.8 Å². The summed E-state index contributed by atoms with van der Waals surface area (Å²) in [6.45, 7) is -1.40. The molecule has 1 atom stereocenters. The maximum absolute atomic E-state index is 11.9. The first-order valence-electron chi connectivity index (χ1n) is 5.10. The topological polar surface area (TPSA) is 53.2 Å². The zero-order valence-electron chi connectivity index (χ0n) is 9.36. The summed E-state index contributed by atoms with van der Waals surface area (Å²) in [6, 6.07) is 7.91. The second-order valence-electron chi connectivity index (χ2n) is 3.91. The molecular formula is C12H13F2NO2. The number of hydrogen-bond acceptors (Lipinski definition) is 3. The van der Waals surface area contributed by atoms with E-state index in [1.807, 2.05) is 0 Å². The van der Waals surface area contributed by atoms with E-state index in [1.54, 1.807) is 18.2 Å². The predicted octanol–water partition coefficient (Wildman–Crippen LogP) is 2.50. The summed E-state index contributed by atoms with van der Waals surface area (Å²) in [5, 5.41) is 18.1. The third-order valence-corrected chi connectivity index (χ3v) is 2.29. The highest BCUT2D eigenvalue weighted by Gasteiger charge is 2.18. The van der Waals surface area contributed by atoms with Crippen LogP contribution >= 0.6 is 0 Å². The lowest BCUT2D eigenvalue weighted by Gasteiger charge is -2.13. The van der Waals surface area contributed by atoms with Crippen LogP contribution in [0.15, 0.2) is 24.3 Å². The number of ether oxygens (including phenoxy) is 1. The van der Waals surface area contributed by atoms with Crippen LogP contribution in [0, 0.1) is 11.3 Å². The van der Waals surface area contributed by atoms with Crippen LogP contribution in [0.5, 0.6) is 5.75 Å². The summed E-state index contributed by atoms with van der Waals surface area (Å²) in [7, 11) is 0. The van der Waals surface area contributed by atoms with Gasteiger partial charge in [0, 0.05) is 0 Å². The molecule has 0 fully saturated rings. The van der Waals surface area contributed by atoms with Gasteiger partial charge in [0.1, 0.15) is 11.4 Å². The Morgan fingerprint density at radius 1 is 1.41 bits per heavy atom. The van der Waals surface area contributed by atoms with E-state index < -0.39 is 12.2 Å². The number of rotatable bonds is 5. The zero-order chi connectivity index (χ0) is 12.9. The lowest BCUT2D eigenvalue weighted by atomic mass is 9.98. The highest BCUT2D eigenvalue weighted by Crippen LogP contribution is 2.18. The Kier molecular flexibility index (Phi) is 4.41. The van der Waals surface area contributed by atoms with Crippen LogP contribution in [0.25, 0.3) is 0 Å². The maximum Gasteiger partial charge on any atom is 0.387 e. The molecule has 0 saturated heterocycles. The quantitative estimate of drug-likeness (QED) is 0.806. The largest absolute Gasteiger partial charge is 0.435 e. The number of aryl methyl sites for hydroxylation is 1. The van der Waals surface area contributed by atoms with E-state index >= 15 is 0 Å². The van der Waals surface area contributed by atoms with Crippen molar-refractivity contribution < 1.29 is 18.6 Å². The normalized spacial score (nSPS) is 14.1. The fourth-order valence-electron chi connectivity index (χ4n) is 1.28. The molecule has 1 N–H and O–H groups in total. The van der Waals surface area contributed by atoms with Crippen molar-refractivity contribution in [1.82, 2.24) is 0 Å². The van der Waals surface area contributed by atoms with Crippen molar-refractivity contribution in [2.45, 2.75) is 32.0 Å². The summed E-state index contributed by atoms with van der Waals surface area (Å²) >= 11 is 0. The van der Waals surface area contributed by atoms with Gasteiger partial charge in [-0.2, -0.15) is 14.0 Å². The molecule has 0 radical (unpaired) electrons. The minimum atomic E-state index is -2.83. The lowest BCUT2D eigenvalue weighted by molar-refractivity contribution is -0.0498. The molecule has 0 bridgehead atoms. The fraction of sp³-hybridized carbons (Fsp3) is 0.417. The summed E-state index contributed by atoms with van der Waals surface area (Å²) < 4.78 is 28.0. The molecule has 0 aliphatic carbocycles. The molecule has 1 aromatic carbocycles. The number of alkyl halides is 2. The highest BCUT2D eigenvalue weighted by atomic mass is 19.3. The molecule has 1 rings (SSSR count). The molecule has 0 heterocycles. The van der Waals surface area contributed by atoms with E-state index in [9.17, 15) is 13.9 Å². The monoisotopic (exact) mass is 241 g/mol.